The van der Waals surface area contributed by atoms with Gasteiger partial charge in [0.1, 0.15) is 12.4 Å². The summed E-state index contributed by atoms with van der Waals surface area (Å²) in [4.78, 5) is 12.0. The molecule has 0 unspecified atom stereocenters. The normalized spacial score (nSPS) is 9.67. The Morgan fingerprint density at radius 3 is 2.57 bits per heavy atom. The number of rotatable bonds is 2. The SMILES string of the molecule is O=C(Nc1ccc(Cl)cc1)c1ccc(C#CCO)cc1F. The molecule has 106 valence electrons. The predicted molar refractivity (Wildman–Crippen MR) is 79.8 cm³/mol. The lowest BCUT2D eigenvalue weighted by molar-refractivity contribution is 0.102. The second kappa shape index (κ2) is 6.89. The van der Waals surface area contributed by atoms with Crippen LogP contribution in [0.15, 0.2) is 42.5 Å². The Morgan fingerprint density at radius 2 is 1.95 bits per heavy atom. The van der Waals surface area contributed by atoms with Gasteiger partial charge in [0.2, 0.25) is 0 Å². The van der Waals surface area contributed by atoms with Crippen LogP contribution in [0.1, 0.15) is 15.9 Å². The van der Waals surface area contributed by atoms with Crippen LogP contribution in [0.5, 0.6) is 0 Å². The average Bonchev–Trinajstić information content (AvgIpc) is 2.47. The summed E-state index contributed by atoms with van der Waals surface area (Å²) in [5.41, 5.74) is 0.831. The van der Waals surface area contributed by atoms with Crippen molar-refractivity contribution in [1.29, 1.82) is 0 Å². The number of anilines is 1. The van der Waals surface area contributed by atoms with Crippen LogP contribution in [0.3, 0.4) is 0 Å². The summed E-state index contributed by atoms with van der Waals surface area (Å²) in [5.74, 6) is 3.75. The number of hydrogen-bond donors (Lipinski definition) is 2. The van der Waals surface area contributed by atoms with E-state index in [4.69, 9.17) is 16.7 Å². The number of aliphatic hydroxyl groups is 1. The lowest BCUT2D eigenvalue weighted by Gasteiger charge is -2.06. The maximum atomic E-state index is 13.9. The van der Waals surface area contributed by atoms with E-state index in [1.54, 1.807) is 24.3 Å². The Labute approximate surface area is 126 Å². The summed E-state index contributed by atoms with van der Waals surface area (Å²) in [6.07, 6.45) is 0. The van der Waals surface area contributed by atoms with E-state index in [0.717, 1.165) is 6.07 Å². The number of carbonyl (C=O) groups is 1. The van der Waals surface area contributed by atoms with E-state index in [1.165, 1.54) is 12.1 Å². The van der Waals surface area contributed by atoms with Crippen LogP contribution in [0.25, 0.3) is 0 Å². The molecule has 0 heterocycles. The van der Waals surface area contributed by atoms with E-state index in [9.17, 15) is 9.18 Å². The molecule has 21 heavy (non-hydrogen) atoms. The van der Waals surface area contributed by atoms with Gasteiger partial charge in [0.15, 0.2) is 0 Å². The highest BCUT2D eigenvalue weighted by atomic mass is 35.5. The van der Waals surface area contributed by atoms with E-state index in [2.05, 4.69) is 17.2 Å². The predicted octanol–water partition coefficient (Wildman–Crippen LogP) is 3.08. The molecule has 2 aromatic carbocycles. The summed E-state index contributed by atoms with van der Waals surface area (Å²) in [6, 6.07) is 10.5. The van der Waals surface area contributed by atoms with Gasteiger partial charge < -0.3 is 10.4 Å². The first-order valence-corrected chi connectivity index (χ1v) is 6.44. The number of aliphatic hydroxyl groups excluding tert-OH is 1. The number of amides is 1. The number of halogens is 2. The van der Waals surface area contributed by atoms with Gasteiger partial charge in [-0.25, -0.2) is 4.39 Å². The fraction of sp³-hybridized carbons (Fsp3) is 0.0625. The molecule has 0 aromatic heterocycles. The van der Waals surface area contributed by atoms with Crippen molar-refractivity contribution in [3.63, 3.8) is 0 Å². The van der Waals surface area contributed by atoms with Crippen LogP contribution in [0, 0.1) is 17.7 Å². The number of nitrogens with one attached hydrogen (secondary N) is 1. The lowest BCUT2D eigenvalue weighted by Crippen LogP contribution is -2.13. The highest BCUT2D eigenvalue weighted by Gasteiger charge is 2.12. The van der Waals surface area contributed by atoms with Gasteiger partial charge in [-0.1, -0.05) is 23.4 Å². The lowest BCUT2D eigenvalue weighted by atomic mass is 10.1. The largest absolute Gasteiger partial charge is 0.384 e. The van der Waals surface area contributed by atoms with Crippen LogP contribution < -0.4 is 5.32 Å². The molecule has 2 rings (SSSR count). The van der Waals surface area contributed by atoms with Crippen LogP contribution in [0.4, 0.5) is 10.1 Å². The number of hydrogen-bond acceptors (Lipinski definition) is 2. The van der Waals surface area contributed by atoms with Gasteiger partial charge in [-0.05, 0) is 42.5 Å². The Morgan fingerprint density at radius 1 is 1.24 bits per heavy atom. The van der Waals surface area contributed by atoms with E-state index >= 15 is 0 Å². The Kier molecular flexibility index (Phi) is 4.94. The molecular formula is C16H11ClFNO2. The molecule has 0 aliphatic rings. The molecule has 0 saturated heterocycles. The second-order valence-corrected chi connectivity index (χ2v) is 4.55. The molecule has 0 radical (unpaired) electrons. The molecule has 2 N–H and O–H groups in total. The van der Waals surface area contributed by atoms with Crippen molar-refractivity contribution in [2.24, 2.45) is 0 Å². The van der Waals surface area contributed by atoms with Crippen molar-refractivity contribution in [3.8, 4) is 11.8 Å². The maximum Gasteiger partial charge on any atom is 0.258 e. The Bertz CT molecular complexity index is 717. The highest BCUT2D eigenvalue weighted by molar-refractivity contribution is 6.30. The Hall–Kier alpha value is -2.35. The van der Waals surface area contributed by atoms with Crippen LogP contribution in [-0.2, 0) is 0 Å². The van der Waals surface area contributed by atoms with E-state index in [-0.39, 0.29) is 12.2 Å². The Balaban J connectivity index is 2.17. The molecule has 0 bridgehead atoms. The first-order chi connectivity index (χ1) is 10.1. The van der Waals surface area contributed by atoms with Crippen LogP contribution in [0.2, 0.25) is 5.02 Å². The van der Waals surface area contributed by atoms with Crippen molar-refractivity contribution < 1.29 is 14.3 Å². The zero-order chi connectivity index (χ0) is 15.2. The second-order valence-electron chi connectivity index (χ2n) is 4.12. The minimum Gasteiger partial charge on any atom is -0.384 e. The van der Waals surface area contributed by atoms with Gasteiger partial charge in [0, 0.05) is 16.3 Å². The molecule has 0 saturated carbocycles. The molecular weight excluding hydrogens is 293 g/mol. The van der Waals surface area contributed by atoms with Crippen molar-refractivity contribution in [2.75, 3.05) is 11.9 Å². The van der Waals surface area contributed by atoms with Gasteiger partial charge in [-0.3, -0.25) is 4.79 Å². The third kappa shape index (κ3) is 4.06. The molecule has 0 fully saturated rings. The van der Waals surface area contributed by atoms with Crippen LogP contribution in [-0.4, -0.2) is 17.6 Å². The average molecular weight is 304 g/mol. The fourth-order valence-electron chi connectivity index (χ4n) is 1.65. The molecule has 1 amide bonds. The van der Waals surface area contributed by atoms with Gasteiger partial charge in [-0.15, -0.1) is 0 Å². The molecule has 2 aromatic rings. The van der Waals surface area contributed by atoms with Gasteiger partial charge in [-0.2, -0.15) is 0 Å². The monoisotopic (exact) mass is 303 g/mol. The fourth-order valence-corrected chi connectivity index (χ4v) is 1.78. The zero-order valence-corrected chi connectivity index (χ0v) is 11.6. The first-order valence-electron chi connectivity index (χ1n) is 6.06. The smallest absolute Gasteiger partial charge is 0.258 e. The topological polar surface area (TPSA) is 49.3 Å². The number of carbonyl (C=O) groups excluding carboxylic acids is 1. The summed E-state index contributed by atoms with van der Waals surface area (Å²) < 4.78 is 13.9. The molecule has 0 atom stereocenters. The van der Waals surface area contributed by atoms with E-state index in [1.807, 2.05) is 0 Å². The summed E-state index contributed by atoms with van der Waals surface area (Å²) in [6.45, 7) is -0.305. The van der Waals surface area contributed by atoms with Crippen molar-refractivity contribution in [1.82, 2.24) is 0 Å². The third-order valence-corrected chi connectivity index (χ3v) is 2.88. The molecule has 0 aliphatic carbocycles. The van der Waals surface area contributed by atoms with E-state index in [0.29, 0.717) is 16.3 Å². The van der Waals surface area contributed by atoms with Crippen molar-refractivity contribution >= 4 is 23.2 Å². The van der Waals surface area contributed by atoms with Gasteiger partial charge in [0.25, 0.3) is 5.91 Å². The van der Waals surface area contributed by atoms with Crippen LogP contribution >= 0.6 is 11.6 Å². The van der Waals surface area contributed by atoms with E-state index < -0.39 is 11.7 Å². The minimum absolute atomic E-state index is 0.0838. The minimum atomic E-state index is -0.675. The van der Waals surface area contributed by atoms with Gasteiger partial charge in [0.05, 0.1) is 5.56 Å². The maximum absolute atomic E-state index is 13.9. The molecule has 0 spiro atoms. The quantitative estimate of drug-likeness (QED) is 0.838. The third-order valence-electron chi connectivity index (χ3n) is 2.63. The standard InChI is InChI=1S/C16H11ClFNO2/c17-12-4-6-13(7-5-12)19-16(21)14-8-3-11(2-1-9-20)10-15(14)18/h3-8,10,20H,9H2,(H,19,21). The van der Waals surface area contributed by atoms with Crippen molar-refractivity contribution in [3.05, 3.63) is 64.4 Å². The highest BCUT2D eigenvalue weighted by Crippen LogP contribution is 2.16. The molecule has 5 heteroatoms. The number of benzene rings is 2. The van der Waals surface area contributed by atoms with Gasteiger partial charge >= 0.3 is 0 Å². The summed E-state index contributed by atoms with van der Waals surface area (Å²) >= 11 is 5.75. The first kappa shape index (κ1) is 15.0. The molecule has 3 nitrogen and oxygen atoms in total. The zero-order valence-electron chi connectivity index (χ0n) is 10.9. The van der Waals surface area contributed by atoms with Crippen molar-refractivity contribution in [2.45, 2.75) is 0 Å². The summed E-state index contributed by atoms with van der Waals surface area (Å²) in [5, 5.41) is 11.7. The summed E-state index contributed by atoms with van der Waals surface area (Å²) in [7, 11) is 0. The molecule has 0 aliphatic heterocycles.